The van der Waals surface area contributed by atoms with Crippen LogP contribution in [0.4, 0.5) is 0 Å². The van der Waals surface area contributed by atoms with E-state index >= 15 is 0 Å². The lowest BCUT2D eigenvalue weighted by Crippen LogP contribution is -2.30. The van der Waals surface area contributed by atoms with Crippen LogP contribution >= 0.6 is 0 Å². The van der Waals surface area contributed by atoms with Gasteiger partial charge in [-0.2, -0.15) is 0 Å². The molecule has 3 nitrogen and oxygen atoms in total. The van der Waals surface area contributed by atoms with Crippen molar-refractivity contribution in [2.24, 2.45) is 0 Å². The molecule has 88 valence electrons. The molecule has 1 aliphatic carbocycles. The van der Waals surface area contributed by atoms with Crippen molar-refractivity contribution < 1.29 is 14.9 Å². The number of methoxy groups -OCH3 is 1. The molecule has 1 aromatic rings. The lowest BCUT2D eigenvalue weighted by atomic mass is 9.77. The van der Waals surface area contributed by atoms with E-state index in [0.717, 1.165) is 24.2 Å². The number of rotatable bonds is 2. The zero-order valence-corrected chi connectivity index (χ0v) is 9.79. The quantitative estimate of drug-likeness (QED) is 0.807. The Labute approximate surface area is 95.7 Å². The highest BCUT2D eigenvalue weighted by atomic mass is 16.5. The maximum atomic E-state index is 10.5. The molecule has 0 amide bonds. The number of aromatic hydroxyl groups is 1. The second-order valence-electron chi connectivity index (χ2n) is 4.38. The average Bonchev–Trinajstić information content (AvgIpc) is 2.30. The Hall–Kier alpha value is -1.22. The third-order valence-electron chi connectivity index (χ3n) is 3.54. The summed E-state index contributed by atoms with van der Waals surface area (Å²) in [5, 5.41) is 20.4. The number of ether oxygens (including phenoxy) is 1. The Kier molecular flexibility index (Phi) is 2.80. The van der Waals surface area contributed by atoms with Crippen LogP contribution in [0.5, 0.6) is 11.5 Å². The maximum Gasteiger partial charge on any atom is 0.122 e. The fourth-order valence-electron chi connectivity index (χ4n) is 2.61. The molecule has 3 heteroatoms. The Balaban J connectivity index is 2.63. The molecule has 0 spiro atoms. The molecule has 16 heavy (non-hydrogen) atoms. The van der Waals surface area contributed by atoms with Crippen LogP contribution in [0.15, 0.2) is 12.1 Å². The maximum absolute atomic E-state index is 10.5. The minimum absolute atomic E-state index is 0.180. The fourth-order valence-corrected chi connectivity index (χ4v) is 2.61. The van der Waals surface area contributed by atoms with Crippen LogP contribution in [-0.2, 0) is 12.0 Å². The van der Waals surface area contributed by atoms with Gasteiger partial charge in [0, 0.05) is 11.1 Å². The van der Waals surface area contributed by atoms with Gasteiger partial charge in [-0.05, 0) is 37.8 Å². The fraction of sp³-hybridized carbons (Fsp3) is 0.538. The Morgan fingerprint density at radius 2 is 2.19 bits per heavy atom. The van der Waals surface area contributed by atoms with E-state index in [4.69, 9.17) is 4.74 Å². The standard InChI is InChI=1S/C13H18O3/c1-3-13(15)8-4-5-9-11(16-2)7-6-10(14)12(9)13/h6-7,14-15H,3-5,8H2,1-2H3. The second-order valence-corrected chi connectivity index (χ2v) is 4.38. The van der Waals surface area contributed by atoms with Crippen LogP contribution in [0.3, 0.4) is 0 Å². The van der Waals surface area contributed by atoms with Gasteiger partial charge in [0.2, 0.25) is 0 Å². The smallest absolute Gasteiger partial charge is 0.122 e. The number of phenols is 1. The second kappa shape index (κ2) is 3.98. The summed E-state index contributed by atoms with van der Waals surface area (Å²) in [7, 11) is 1.62. The summed E-state index contributed by atoms with van der Waals surface area (Å²) in [5.74, 6) is 0.944. The Morgan fingerprint density at radius 3 is 2.81 bits per heavy atom. The van der Waals surface area contributed by atoms with Crippen LogP contribution in [0, 0.1) is 0 Å². The number of phenolic OH excluding ortho intramolecular Hbond substituents is 1. The summed E-state index contributed by atoms with van der Waals surface area (Å²) < 4.78 is 5.28. The molecule has 1 aromatic carbocycles. The van der Waals surface area contributed by atoms with E-state index in [-0.39, 0.29) is 5.75 Å². The van der Waals surface area contributed by atoms with Gasteiger partial charge in [-0.1, -0.05) is 6.92 Å². The first-order valence-electron chi connectivity index (χ1n) is 5.74. The van der Waals surface area contributed by atoms with E-state index in [9.17, 15) is 10.2 Å². The zero-order chi connectivity index (χ0) is 11.8. The molecule has 0 aromatic heterocycles. The van der Waals surface area contributed by atoms with Crippen molar-refractivity contribution in [2.75, 3.05) is 7.11 Å². The summed E-state index contributed by atoms with van der Waals surface area (Å²) in [5.41, 5.74) is 0.727. The van der Waals surface area contributed by atoms with Crippen LogP contribution in [0.25, 0.3) is 0 Å². The van der Waals surface area contributed by atoms with Gasteiger partial charge in [0.25, 0.3) is 0 Å². The first-order chi connectivity index (χ1) is 7.62. The lowest BCUT2D eigenvalue weighted by Gasteiger charge is -2.34. The van der Waals surface area contributed by atoms with Crippen molar-refractivity contribution in [3.63, 3.8) is 0 Å². The van der Waals surface area contributed by atoms with Gasteiger partial charge in [0.1, 0.15) is 11.5 Å². The van der Waals surface area contributed by atoms with Gasteiger partial charge in [0.15, 0.2) is 0 Å². The summed E-state index contributed by atoms with van der Waals surface area (Å²) in [4.78, 5) is 0. The van der Waals surface area contributed by atoms with Gasteiger partial charge in [0.05, 0.1) is 12.7 Å². The zero-order valence-electron chi connectivity index (χ0n) is 9.79. The SMILES string of the molecule is CCC1(O)CCCc2c(OC)ccc(O)c21. The molecule has 1 atom stereocenters. The molecule has 0 saturated heterocycles. The molecule has 0 bridgehead atoms. The Morgan fingerprint density at radius 1 is 1.44 bits per heavy atom. The predicted octanol–water partition coefficient (Wildman–Crippen LogP) is 2.33. The third kappa shape index (κ3) is 1.55. The molecular formula is C13H18O3. The third-order valence-corrected chi connectivity index (χ3v) is 3.54. The van der Waals surface area contributed by atoms with Crippen molar-refractivity contribution in [3.05, 3.63) is 23.3 Å². The van der Waals surface area contributed by atoms with Crippen molar-refractivity contribution in [2.45, 2.75) is 38.2 Å². The normalized spacial score (nSPS) is 23.9. The van der Waals surface area contributed by atoms with Crippen molar-refractivity contribution in [1.82, 2.24) is 0 Å². The highest BCUT2D eigenvalue weighted by Gasteiger charge is 2.36. The molecule has 0 fully saturated rings. The monoisotopic (exact) mass is 222 g/mol. The molecule has 0 saturated carbocycles. The van der Waals surface area contributed by atoms with E-state index in [1.54, 1.807) is 19.2 Å². The van der Waals surface area contributed by atoms with Gasteiger partial charge in [-0.3, -0.25) is 0 Å². The van der Waals surface area contributed by atoms with E-state index in [0.29, 0.717) is 18.4 Å². The largest absolute Gasteiger partial charge is 0.508 e. The molecule has 0 radical (unpaired) electrons. The van der Waals surface area contributed by atoms with Gasteiger partial charge < -0.3 is 14.9 Å². The van der Waals surface area contributed by atoms with E-state index in [1.165, 1.54) is 0 Å². The lowest BCUT2D eigenvalue weighted by molar-refractivity contribution is 0.0122. The van der Waals surface area contributed by atoms with Crippen LogP contribution in [0.2, 0.25) is 0 Å². The van der Waals surface area contributed by atoms with Gasteiger partial charge in [-0.15, -0.1) is 0 Å². The average molecular weight is 222 g/mol. The molecule has 1 aliphatic rings. The van der Waals surface area contributed by atoms with E-state index < -0.39 is 5.60 Å². The van der Waals surface area contributed by atoms with Crippen molar-refractivity contribution >= 4 is 0 Å². The molecule has 0 aliphatic heterocycles. The van der Waals surface area contributed by atoms with E-state index in [1.807, 2.05) is 6.92 Å². The summed E-state index contributed by atoms with van der Waals surface area (Å²) in [6, 6.07) is 3.36. The highest BCUT2D eigenvalue weighted by molar-refractivity contribution is 5.52. The summed E-state index contributed by atoms with van der Waals surface area (Å²) >= 11 is 0. The number of aliphatic hydroxyl groups is 1. The first kappa shape index (κ1) is 11.3. The van der Waals surface area contributed by atoms with Crippen molar-refractivity contribution in [3.8, 4) is 11.5 Å². The minimum Gasteiger partial charge on any atom is -0.508 e. The number of fused-ring (bicyclic) bond motifs is 1. The molecule has 0 heterocycles. The molecule has 2 rings (SSSR count). The number of hydrogen-bond acceptors (Lipinski definition) is 3. The van der Waals surface area contributed by atoms with Gasteiger partial charge >= 0.3 is 0 Å². The van der Waals surface area contributed by atoms with Crippen LogP contribution < -0.4 is 4.74 Å². The van der Waals surface area contributed by atoms with Crippen molar-refractivity contribution in [1.29, 1.82) is 0 Å². The van der Waals surface area contributed by atoms with E-state index in [2.05, 4.69) is 0 Å². The molecule has 1 unspecified atom stereocenters. The van der Waals surface area contributed by atoms with Crippen LogP contribution in [-0.4, -0.2) is 17.3 Å². The summed E-state index contributed by atoms with van der Waals surface area (Å²) in [6.07, 6.45) is 3.10. The Bertz CT molecular complexity index is 400. The number of benzene rings is 1. The molecule has 2 N–H and O–H groups in total. The predicted molar refractivity (Wildman–Crippen MR) is 61.8 cm³/mol. The van der Waals surface area contributed by atoms with Crippen LogP contribution in [0.1, 0.15) is 37.3 Å². The molecular weight excluding hydrogens is 204 g/mol. The minimum atomic E-state index is -0.897. The summed E-state index contributed by atoms with van der Waals surface area (Å²) in [6.45, 7) is 1.94. The topological polar surface area (TPSA) is 49.7 Å². The number of hydrogen-bond donors (Lipinski definition) is 2. The highest BCUT2D eigenvalue weighted by Crippen LogP contribution is 2.45. The first-order valence-corrected chi connectivity index (χ1v) is 5.74. The van der Waals surface area contributed by atoms with Gasteiger partial charge in [-0.25, -0.2) is 0 Å².